The van der Waals surface area contributed by atoms with E-state index >= 15 is 0 Å². The Balaban J connectivity index is 2.55. The van der Waals surface area contributed by atoms with Crippen molar-refractivity contribution in [2.45, 2.75) is 33.1 Å². The molecule has 0 saturated carbocycles. The molecule has 22 heavy (non-hydrogen) atoms. The van der Waals surface area contributed by atoms with Crippen LogP contribution in [-0.2, 0) is 20.7 Å². The van der Waals surface area contributed by atoms with Crippen LogP contribution in [0, 0.1) is 16.7 Å². The quantitative estimate of drug-likeness (QED) is 0.619. The summed E-state index contributed by atoms with van der Waals surface area (Å²) in [6, 6.07) is 9.87. The molecule has 0 bridgehead atoms. The fourth-order valence-corrected chi connectivity index (χ4v) is 2.95. The summed E-state index contributed by atoms with van der Waals surface area (Å²) >= 11 is 0. The minimum Gasteiger partial charge on any atom is -0.465 e. The van der Waals surface area contributed by atoms with E-state index in [2.05, 4.69) is 0 Å². The van der Waals surface area contributed by atoms with Crippen LogP contribution >= 0.6 is 0 Å². The van der Waals surface area contributed by atoms with Gasteiger partial charge in [0, 0.05) is 0 Å². The van der Waals surface area contributed by atoms with Gasteiger partial charge in [0.25, 0.3) is 0 Å². The van der Waals surface area contributed by atoms with Crippen LogP contribution in [0.15, 0.2) is 29.8 Å². The second kappa shape index (κ2) is 6.57. The van der Waals surface area contributed by atoms with Gasteiger partial charge in [-0.05, 0) is 43.4 Å². The van der Waals surface area contributed by atoms with Gasteiger partial charge in [0.05, 0.1) is 19.1 Å². The molecule has 0 amide bonds. The van der Waals surface area contributed by atoms with Gasteiger partial charge in [0.1, 0.15) is 0 Å². The lowest BCUT2D eigenvalue weighted by atomic mass is 9.70. The summed E-state index contributed by atoms with van der Waals surface area (Å²) in [7, 11) is 0. The van der Waals surface area contributed by atoms with E-state index in [1.165, 1.54) is 12.5 Å². The molecule has 0 N–H and O–H groups in total. The van der Waals surface area contributed by atoms with Crippen molar-refractivity contribution < 1.29 is 14.3 Å². The summed E-state index contributed by atoms with van der Waals surface area (Å²) < 4.78 is 5.11. The molecule has 0 fully saturated rings. The molecule has 0 spiro atoms. The molecule has 1 unspecified atom stereocenters. The molecule has 0 heterocycles. The average molecular weight is 297 g/mol. The molecule has 4 nitrogen and oxygen atoms in total. The van der Waals surface area contributed by atoms with Gasteiger partial charge >= 0.3 is 5.97 Å². The topological polar surface area (TPSA) is 67.2 Å². The van der Waals surface area contributed by atoms with E-state index in [1.807, 2.05) is 36.4 Å². The lowest BCUT2D eigenvalue weighted by Gasteiger charge is -2.31. The number of carbonyl (C=O) groups excluding carboxylic acids is 2. The third-order valence-corrected chi connectivity index (χ3v) is 4.17. The Morgan fingerprint density at radius 2 is 2.05 bits per heavy atom. The lowest BCUT2D eigenvalue weighted by Crippen LogP contribution is -2.41. The largest absolute Gasteiger partial charge is 0.465 e. The fourth-order valence-electron chi connectivity index (χ4n) is 2.95. The van der Waals surface area contributed by atoms with Gasteiger partial charge in [0.2, 0.25) is 0 Å². The molecule has 1 aromatic rings. The normalized spacial score (nSPS) is 15.8. The highest BCUT2D eigenvalue weighted by molar-refractivity contribution is 6.07. The smallest absolute Gasteiger partial charge is 0.324 e. The van der Waals surface area contributed by atoms with E-state index in [4.69, 9.17) is 10.00 Å². The van der Waals surface area contributed by atoms with Crippen molar-refractivity contribution in [3.63, 3.8) is 0 Å². The zero-order valence-corrected chi connectivity index (χ0v) is 12.9. The molecule has 2 rings (SSSR count). The molecule has 114 valence electrons. The molecule has 1 aliphatic rings. The third kappa shape index (κ3) is 2.67. The number of hydrogen-bond donors (Lipinski definition) is 0. The maximum absolute atomic E-state index is 12.5. The van der Waals surface area contributed by atoms with Crippen LogP contribution in [0.1, 0.15) is 37.8 Å². The van der Waals surface area contributed by atoms with Gasteiger partial charge in [-0.1, -0.05) is 30.3 Å². The number of carbonyl (C=O) groups is 2. The van der Waals surface area contributed by atoms with Gasteiger partial charge in [-0.2, -0.15) is 5.26 Å². The number of nitriles is 1. The molecular weight excluding hydrogens is 278 g/mol. The van der Waals surface area contributed by atoms with Crippen LogP contribution in [0.2, 0.25) is 0 Å². The first-order chi connectivity index (χ1) is 10.6. The number of benzene rings is 1. The van der Waals surface area contributed by atoms with E-state index in [-0.39, 0.29) is 18.8 Å². The van der Waals surface area contributed by atoms with E-state index in [0.717, 1.165) is 12.0 Å². The Kier molecular flexibility index (Phi) is 4.77. The summed E-state index contributed by atoms with van der Waals surface area (Å²) in [5.74, 6) is -0.951. The minimum absolute atomic E-state index is 0.184. The predicted octanol–water partition coefficient (Wildman–Crippen LogP) is 3.07. The highest BCUT2D eigenvalue weighted by Crippen LogP contribution is 2.40. The first kappa shape index (κ1) is 16.0. The number of Topliss-reactive ketones (excluding diaryl/α,β-unsaturated/α-hetero) is 1. The van der Waals surface area contributed by atoms with Crippen molar-refractivity contribution >= 4 is 17.8 Å². The van der Waals surface area contributed by atoms with E-state index in [0.29, 0.717) is 12.0 Å². The summed E-state index contributed by atoms with van der Waals surface area (Å²) in [5.41, 5.74) is 1.39. The van der Waals surface area contributed by atoms with Crippen LogP contribution in [0.4, 0.5) is 0 Å². The molecule has 0 aliphatic heterocycles. The number of rotatable bonds is 5. The Morgan fingerprint density at radius 1 is 1.32 bits per heavy atom. The summed E-state index contributed by atoms with van der Waals surface area (Å²) in [4.78, 5) is 24.8. The molecule has 1 aliphatic carbocycles. The number of ether oxygens (including phenoxy) is 1. The maximum Gasteiger partial charge on any atom is 0.324 e. The van der Waals surface area contributed by atoms with Crippen molar-refractivity contribution in [2.75, 3.05) is 6.61 Å². The highest BCUT2D eigenvalue weighted by Gasteiger charge is 2.48. The van der Waals surface area contributed by atoms with E-state index in [9.17, 15) is 9.59 Å². The molecule has 1 aromatic carbocycles. The fraction of sp³-hybridized carbons (Fsp3) is 0.389. The van der Waals surface area contributed by atoms with E-state index < -0.39 is 11.4 Å². The second-order valence-corrected chi connectivity index (χ2v) is 5.39. The minimum atomic E-state index is -1.47. The summed E-state index contributed by atoms with van der Waals surface area (Å²) in [6.07, 6.45) is 3.02. The third-order valence-electron chi connectivity index (χ3n) is 4.17. The standard InChI is InChI=1S/C18H19NO3/c1-3-22-17(21)18(10-11-19,13(2)20)16-9-8-14-6-4-5-7-15(14)12-16/h4-7,12H,3,8-10H2,1-2H3. The van der Waals surface area contributed by atoms with Gasteiger partial charge in [0.15, 0.2) is 11.2 Å². The Labute approximate surface area is 130 Å². The molecule has 4 heteroatoms. The number of esters is 1. The Hall–Kier alpha value is -2.41. The molecular formula is C18H19NO3. The average Bonchev–Trinajstić information content (AvgIpc) is 2.52. The van der Waals surface area contributed by atoms with Crippen molar-refractivity contribution in [3.05, 3.63) is 41.0 Å². The Bertz CT molecular complexity index is 669. The monoisotopic (exact) mass is 297 g/mol. The summed E-state index contributed by atoms with van der Waals surface area (Å²) in [5, 5.41) is 9.16. The zero-order chi connectivity index (χ0) is 16.2. The molecule has 0 radical (unpaired) electrons. The van der Waals surface area contributed by atoms with Gasteiger partial charge in [-0.25, -0.2) is 0 Å². The van der Waals surface area contributed by atoms with Crippen LogP contribution < -0.4 is 0 Å². The molecule has 1 atom stereocenters. The second-order valence-electron chi connectivity index (χ2n) is 5.39. The molecule has 0 aromatic heterocycles. The van der Waals surface area contributed by atoms with Crippen molar-refractivity contribution in [1.29, 1.82) is 5.26 Å². The molecule has 0 saturated heterocycles. The zero-order valence-electron chi connectivity index (χ0n) is 12.9. The summed E-state index contributed by atoms with van der Waals surface area (Å²) in [6.45, 7) is 3.23. The SMILES string of the molecule is CCOC(=O)C(CC#N)(C(C)=O)C1=Cc2ccccc2CC1. The van der Waals surface area contributed by atoms with Gasteiger partial charge in [-0.3, -0.25) is 9.59 Å². The van der Waals surface area contributed by atoms with Gasteiger partial charge < -0.3 is 4.74 Å². The van der Waals surface area contributed by atoms with Crippen LogP contribution in [0.3, 0.4) is 0 Å². The van der Waals surface area contributed by atoms with Crippen molar-refractivity contribution in [1.82, 2.24) is 0 Å². The van der Waals surface area contributed by atoms with Crippen LogP contribution in [0.25, 0.3) is 6.08 Å². The van der Waals surface area contributed by atoms with Crippen molar-refractivity contribution in [3.8, 4) is 6.07 Å². The number of fused-ring (bicyclic) bond motifs is 1. The maximum atomic E-state index is 12.5. The first-order valence-corrected chi connectivity index (χ1v) is 7.40. The lowest BCUT2D eigenvalue weighted by molar-refractivity contribution is -0.156. The van der Waals surface area contributed by atoms with Crippen molar-refractivity contribution in [2.24, 2.45) is 5.41 Å². The van der Waals surface area contributed by atoms with Crippen LogP contribution in [-0.4, -0.2) is 18.4 Å². The van der Waals surface area contributed by atoms with Gasteiger partial charge in [-0.15, -0.1) is 0 Å². The Morgan fingerprint density at radius 3 is 2.68 bits per heavy atom. The number of aryl methyl sites for hydroxylation is 1. The first-order valence-electron chi connectivity index (χ1n) is 7.40. The van der Waals surface area contributed by atoms with Crippen LogP contribution in [0.5, 0.6) is 0 Å². The highest BCUT2D eigenvalue weighted by atomic mass is 16.5. The van der Waals surface area contributed by atoms with E-state index in [1.54, 1.807) is 6.92 Å². The number of ketones is 1. The number of nitrogens with zero attached hydrogens (tertiary/aromatic N) is 1. The predicted molar refractivity (Wildman–Crippen MR) is 82.7 cm³/mol. The number of hydrogen-bond acceptors (Lipinski definition) is 4.